The Morgan fingerprint density at radius 3 is 3.00 bits per heavy atom. The summed E-state index contributed by atoms with van der Waals surface area (Å²) in [4.78, 5) is 15.2. The first kappa shape index (κ1) is 10.0. The monoisotopic (exact) mass is 244 g/mol. The summed E-state index contributed by atoms with van der Waals surface area (Å²) in [6, 6.07) is 7.77. The van der Waals surface area contributed by atoms with Crippen LogP contribution < -0.4 is 5.43 Å². The van der Waals surface area contributed by atoms with E-state index in [-0.39, 0.29) is 5.43 Å². The van der Waals surface area contributed by atoms with Gasteiger partial charge in [-0.3, -0.25) is 4.79 Å². The van der Waals surface area contributed by atoms with E-state index >= 15 is 0 Å². The van der Waals surface area contributed by atoms with Crippen LogP contribution in [0.25, 0.3) is 21.1 Å². The number of oxime groups is 1. The van der Waals surface area contributed by atoms with Gasteiger partial charge in [-0.2, -0.15) is 0 Å². The zero-order valence-corrected chi connectivity index (χ0v) is 9.49. The minimum atomic E-state index is -0.146. The zero-order valence-electron chi connectivity index (χ0n) is 8.68. The minimum Gasteiger partial charge on any atom is -0.411 e. The molecule has 0 aliphatic heterocycles. The molecule has 0 amide bonds. The van der Waals surface area contributed by atoms with E-state index in [4.69, 9.17) is 5.21 Å². The van der Waals surface area contributed by atoms with Crippen LogP contribution in [0.3, 0.4) is 0 Å². The summed E-state index contributed by atoms with van der Waals surface area (Å²) in [6.45, 7) is 0. The molecule has 3 rings (SSSR count). The Balaban J connectivity index is 2.49. The second kappa shape index (κ2) is 3.71. The largest absolute Gasteiger partial charge is 0.411 e. The Bertz CT molecular complexity index is 786. The Hall–Kier alpha value is -2.14. The second-order valence-electron chi connectivity index (χ2n) is 3.64. The van der Waals surface area contributed by atoms with Gasteiger partial charge in [0.1, 0.15) is 5.52 Å². The molecule has 0 spiro atoms. The number of fused-ring (bicyclic) bond motifs is 3. The number of hydrogen-bond donors (Lipinski definition) is 2. The summed E-state index contributed by atoms with van der Waals surface area (Å²) < 4.78 is 0.931. The van der Waals surface area contributed by atoms with Crippen molar-refractivity contribution in [2.24, 2.45) is 5.16 Å². The van der Waals surface area contributed by atoms with Crippen LogP contribution in [0.4, 0.5) is 0 Å². The Labute approximate surface area is 99.8 Å². The lowest BCUT2D eigenvalue weighted by molar-refractivity contribution is 0.322. The van der Waals surface area contributed by atoms with Gasteiger partial charge >= 0.3 is 0 Å². The van der Waals surface area contributed by atoms with Crippen molar-refractivity contribution in [1.82, 2.24) is 4.98 Å². The fraction of sp³-hybridized carbons (Fsp3) is 0. The summed E-state index contributed by atoms with van der Waals surface area (Å²) in [7, 11) is 0. The summed E-state index contributed by atoms with van der Waals surface area (Å²) in [5, 5.41) is 14.1. The lowest BCUT2D eigenvalue weighted by Gasteiger charge is -1.91. The van der Waals surface area contributed by atoms with Crippen molar-refractivity contribution in [3.63, 3.8) is 0 Å². The topological polar surface area (TPSA) is 65.4 Å². The van der Waals surface area contributed by atoms with E-state index in [2.05, 4.69) is 10.1 Å². The molecule has 4 nitrogen and oxygen atoms in total. The molecular formula is C12H8N2O2S. The van der Waals surface area contributed by atoms with Crippen molar-refractivity contribution in [2.45, 2.75) is 0 Å². The van der Waals surface area contributed by atoms with Gasteiger partial charge in [0, 0.05) is 16.3 Å². The molecule has 0 unspecified atom stereocenters. The van der Waals surface area contributed by atoms with E-state index in [0.29, 0.717) is 11.1 Å². The van der Waals surface area contributed by atoms with Gasteiger partial charge in [-0.1, -0.05) is 23.4 Å². The van der Waals surface area contributed by atoms with Crippen molar-refractivity contribution in [3.8, 4) is 0 Å². The maximum atomic E-state index is 12.1. The number of aromatic amines is 1. The third kappa shape index (κ3) is 1.43. The highest BCUT2D eigenvalue weighted by molar-refractivity contribution is 7.17. The maximum absolute atomic E-state index is 12.1. The molecule has 1 aromatic carbocycles. The molecule has 0 saturated heterocycles. The molecule has 0 saturated carbocycles. The summed E-state index contributed by atoms with van der Waals surface area (Å²) in [5.41, 5.74) is 1.74. The molecule has 5 heteroatoms. The van der Waals surface area contributed by atoms with Crippen molar-refractivity contribution < 1.29 is 5.21 Å². The molecular weight excluding hydrogens is 236 g/mol. The number of hydrogen-bond acceptors (Lipinski definition) is 4. The molecule has 0 bridgehead atoms. The first-order chi connectivity index (χ1) is 8.31. The van der Waals surface area contributed by atoms with Gasteiger partial charge in [-0.25, -0.2) is 0 Å². The summed E-state index contributed by atoms with van der Waals surface area (Å²) >= 11 is 1.46. The normalized spacial score (nSPS) is 11.8. The second-order valence-corrected chi connectivity index (χ2v) is 4.52. The Morgan fingerprint density at radius 2 is 2.18 bits per heavy atom. The van der Waals surface area contributed by atoms with Gasteiger partial charge in [0.15, 0.2) is 0 Å². The standard InChI is InChI=1S/C12H8N2O2S/c15-11-7(5-13-16)6-17-12-8-3-1-2-4-9(8)14-10(11)12/h1-6,14,16H/b13-5+. The average Bonchev–Trinajstić information content (AvgIpc) is 2.73. The lowest BCUT2D eigenvalue weighted by Crippen LogP contribution is -2.06. The van der Waals surface area contributed by atoms with Crippen LogP contribution in [-0.4, -0.2) is 16.4 Å². The van der Waals surface area contributed by atoms with E-state index in [1.165, 1.54) is 11.3 Å². The number of para-hydroxylation sites is 1. The summed E-state index contributed by atoms with van der Waals surface area (Å²) in [5.74, 6) is 0. The first-order valence-electron chi connectivity index (χ1n) is 5.01. The van der Waals surface area contributed by atoms with E-state index in [1.54, 1.807) is 5.38 Å². The lowest BCUT2D eigenvalue weighted by atomic mass is 10.2. The van der Waals surface area contributed by atoms with Crippen LogP contribution in [0.15, 0.2) is 39.6 Å². The van der Waals surface area contributed by atoms with Crippen LogP contribution in [-0.2, 0) is 0 Å². The van der Waals surface area contributed by atoms with E-state index < -0.39 is 0 Å². The predicted molar refractivity (Wildman–Crippen MR) is 69.3 cm³/mol. The average molecular weight is 244 g/mol. The molecule has 2 aromatic heterocycles. The highest BCUT2D eigenvalue weighted by atomic mass is 32.1. The van der Waals surface area contributed by atoms with Crippen LogP contribution in [0.1, 0.15) is 5.56 Å². The quantitative estimate of drug-likeness (QED) is 0.392. The van der Waals surface area contributed by atoms with Crippen LogP contribution in [0.5, 0.6) is 0 Å². The van der Waals surface area contributed by atoms with Crippen LogP contribution in [0, 0.1) is 0 Å². The third-order valence-electron chi connectivity index (χ3n) is 2.65. The van der Waals surface area contributed by atoms with Gasteiger partial charge in [-0.15, -0.1) is 11.3 Å². The summed E-state index contributed by atoms with van der Waals surface area (Å²) in [6.07, 6.45) is 1.16. The smallest absolute Gasteiger partial charge is 0.213 e. The molecule has 0 radical (unpaired) electrons. The third-order valence-corrected chi connectivity index (χ3v) is 3.68. The van der Waals surface area contributed by atoms with Gasteiger partial charge in [0.05, 0.1) is 16.5 Å². The molecule has 0 aliphatic rings. The molecule has 0 aliphatic carbocycles. The van der Waals surface area contributed by atoms with Gasteiger partial charge in [0.25, 0.3) is 0 Å². The first-order valence-corrected chi connectivity index (χ1v) is 5.89. The van der Waals surface area contributed by atoms with E-state index in [1.807, 2.05) is 24.3 Å². The van der Waals surface area contributed by atoms with Crippen molar-refractivity contribution in [1.29, 1.82) is 0 Å². The van der Waals surface area contributed by atoms with Crippen molar-refractivity contribution >= 4 is 38.7 Å². The van der Waals surface area contributed by atoms with Gasteiger partial charge in [-0.05, 0) is 6.07 Å². The number of aromatic nitrogens is 1. The minimum absolute atomic E-state index is 0.146. The van der Waals surface area contributed by atoms with Crippen molar-refractivity contribution in [2.75, 3.05) is 0 Å². The van der Waals surface area contributed by atoms with Gasteiger partial charge < -0.3 is 10.2 Å². The molecule has 84 valence electrons. The molecule has 17 heavy (non-hydrogen) atoms. The number of nitrogens with one attached hydrogen (secondary N) is 1. The number of benzene rings is 1. The molecule has 2 N–H and O–H groups in total. The van der Waals surface area contributed by atoms with Crippen LogP contribution >= 0.6 is 11.3 Å². The Morgan fingerprint density at radius 1 is 1.35 bits per heavy atom. The Kier molecular flexibility index (Phi) is 2.19. The molecule has 0 atom stereocenters. The number of nitrogens with zero attached hydrogens (tertiary/aromatic N) is 1. The SMILES string of the molecule is O=c1c(/C=N/O)csc2c1[nH]c1ccccc12. The predicted octanol–water partition coefficient (Wildman–Crippen LogP) is 2.55. The molecule has 0 fully saturated rings. The van der Waals surface area contributed by atoms with Crippen molar-refractivity contribution in [3.05, 3.63) is 45.4 Å². The molecule has 2 heterocycles. The fourth-order valence-corrected chi connectivity index (χ4v) is 2.85. The number of H-pyrrole nitrogens is 1. The highest BCUT2D eigenvalue weighted by Crippen LogP contribution is 2.26. The zero-order chi connectivity index (χ0) is 11.8. The van der Waals surface area contributed by atoms with E-state index in [9.17, 15) is 4.79 Å². The van der Waals surface area contributed by atoms with Crippen LogP contribution in [0.2, 0.25) is 0 Å². The molecule has 3 aromatic rings. The number of rotatable bonds is 1. The fourth-order valence-electron chi connectivity index (χ4n) is 1.87. The van der Waals surface area contributed by atoms with E-state index in [0.717, 1.165) is 21.8 Å². The van der Waals surface area contributed by atoms with Gasteiger partial charge in [0.2, 0.25) is 5.43 Å². The highest BCUT2D eigenvalue weighted by Gasteiger charge is 2.09. The maximum Gasteiger partial charge on any atom is 0.213 e.